The number of piperidine rings is 1. The lowest BCUT2D eigenvalue weighted by Gasteiger charge is -2.31. The fourth-order valence-electron chi connectivity index (χ4n) is 4.26. The molecule has 2 aliphatic rings. The van der Waals surface area contributed by atoms with Crippen molar-refractivity contribution in [3.05, 3.63) is 22.6 Å². The summed E-state index contributed by atoms with van der Waals surface area (Å²) in [5, 5.41) is 13.9. The SMILES string of the molecule is CC(=O)N1CCC(Nc2ncc3c(N)cc(=O)n(C4CC[C@@H](O)C4)c3n2)CC1. The third-order valence-electron chi connectivity index (χ3n) is 5.84. The number of rotatable bonds is 3. The zero-order valence-corrected chi connectivity index (χ0v) is 16.0. The molecule has 1 aliphatic heterocycles. The molecule has 0 bridgehead atoms. The lowest BCUT2D eigenvalue weighted by Crippen LogP contribution is -2.41. The third-order valence-corrected chi connectivity index (χ3v) is 5.84. The molecule has 0 spiro atoms. The maximum Gasteiger partial charge on any atom is 0.254 e. The summed E-state index contributed by atoms with van der Waals surface area (Å²) in [5.74, 6) is 0.546. The van der Waals surface area contributed by atoms with Crippen LogP contribution in [-0.2, 0) is 4.79 Å². The average molecular weight is 386 g/mol. The quantitative estimate of drug-likeness (QED) is 0.715. The van der Waals surface area contributed by atoms with E-state index in [0.717, 1.165) is 19.3 Å². The van der Waals surface area contributed by atoms with Crippen LogP contribution in [0.3, 0.4) is 0 Å². The number of nitrogen functional groups attached to an aromatic ring is 1. The van der Waals surface area contributed by atoms with Crippen LogP contribution in [0.1, 0.15) is 45.1 Å². The zero-order chi connectivity index (χ0) is 19.8. The second-order valence-corrected chi connectivity index (χ2v) is 7.78. The number of anilines is 2. The summed E-state index contributed by atoms with van der Waals surface area (Å²) >= 11 is 0. The smallest absolute Gasteiger partial charge is 0.254 e. The molecule has 1 amide bonds. The van der Waals surface area contributed by atoms with E-state index in [4.69, 9.17) is 5.73 Å². The monoisotopic (exact) mass is 386 g/mol. The normalized spacial score (nSPS) is 23.3. The van der Waals surface area contributed by atoms with E-state index in [1.165, 1.54) is 6.07 Å². The number of nitrogens with two attached hydrogens (primary N) is 1. The molecule has 4 N–H and O–H groups in total. The van der Waals surface area contributed by atoms with Gasteiger partial charge in [0.2, 0.25) is 11.9 Å². The maximum absolute atomic E-state index is 12.6. The molecule has 9 heteroatoms. The number of amides is 1. The molecule has 1 saturated carbocycles. The van der Waals surface area contributed by atoms with Crippen LogP contribution in [-0.4, -0.2) is 55.7 Å². The van der Waals surface area contributed by atoms with Gasteiger partial charge in [0.05, 0.1) is 11.5 Å². The summed E-state index contributed by atoms with van der Waals surface area (Å²) in [6.07, 6.45) is 4.83. The minimum absolute atomic E-state index is 0.0906. The van der Waals surface area contributed by atoms with Crippen molar-refractivity contribution in [1.29, 1.82) is 0 Å². The van der Waals surface area contributed by atoms with Crippen molar-refractivity contribution in [2.24, 2.45) is 0 Å². The van der Waals surface area contributed by atoms with Crippen molar-refractivity contribution in [2.45, 2.75) is 57.2 Å². The first-order valence-electron chi connectivity index (χ1n) is 9.80. The van der Waals surface area contributed by atoms with Crippen LogP contribution in [0.25, 0.3) is 11.0 Å². The predicted octanol–water partition coefficient (Wildman–Crippen LogP) is 0.882. The lowest BCUT2D eigenvalue weighted by atomic mass is 10.1. The first-order chi connectivity index (χ1) is 13.4. The molecule has 2 aromatic heterocycles. The Hall–Kier alpha value is -2.68. The largest absolute Gasteiger partial charge is 0.398 e. The Morgan fingerprint density at radius 3 is 2.68 bits per heavy atom. The van der Waals surface area contributed by atoms with Gasteiger partial charge < -0.3 is 21.1 Å². The Morgan fingerprint density at radius 1 is 1.29 bits per heavy atom. The van der Waals surface area contributed by atoms with Crippen molar-refractivity contribution in [2.75, 3.05) is 24.1 Å². The van der Waals surface area contributed by atoms with Gasteiger partial charge in [-0.2, -0.15) is 4.98 Å². The highest BCUT2D eigenvalue weighted by Crippen LogP contribution is 2.32. The van der Waals surface area contributed by atoms with Gasteiger partial charge >= 0.3 is 0 Å². The number of likely N-dealkylation sites (tertiary alicyclic amines) is 1. The van der Waals surface area contributed by atoms with Crippen LogP contribution < -0.4 is 16.6 Å². The van der Waals surface area contributed by atoms with E-state index in [0.29, 0.717) is 48.6 Å². The molecule has 9 nitrogen and oxygen atoms in total. The minimum atomic E-state index is -0.393. The zero-order valence-electron chi connectivity index (χ0n) is 16.0. The van der Waals surface area contributed by atoms with E-state index in [2.05, 4.69) is 15.3 Å². The number of pyridine rings is 1. The van der Waals surface area contributed by atoms with Gasteiger partial charge in [-0.15, -0.1) is 0 Å². The number of hydrogen-bond acceptors (Lipinski definition) is 7. The number of fused-ring (bicyclic) bond motifs is 1. The summed E-state index contributed by atoms with van der Waals surface area (Å²) in [4.78, 5) is 34.9. The lowest BCUT2D eigenvalue weighted by molar-refractivity contribution is -0.129. The van der Waals surface area contributed by atoms with Crippen LogP contribution in [0.4, 0.5) is 11.6 Å². The summed E-state index contributed by atoms with van der Waals surface area (Å²) in [7, 11) is 0. The van der Waals surface area contributed by atoms with Gasteiger partial charge in [-0.25, -0.2) is 4.98 Å². The molecular weight excluding hydrogens is 360 g/mol. The van der Waals surface area contributed by atoms with Crippen LogP contribution >= 0.6 is 0 Å². The molecule has 1 saturated heterocycles. The van der Waals surface area contributed by atoms with Crippen molar-refractivity contribution < 1.29 is 9.90 Å². The van der Waals surface area contributed by atoms with Gasteiger partial charge in [0.1, 0.15) is 0 Å². The molecule has 1 aliphatic carbocycles. The number of aromatic nitrogens is 3. The molecule has 0 radical (unpaired) electrons. The highest BCUT2D eigenvalue weighted by molar-refractivity contribution is 5.87. The van der Waals surface area contributed by atoms with E-state index >= 15 is 0 Å². The Bertz CT molecular complexity index is 951. The number of carbonyl (C=O) groups excluding carboxylic acids is 1. The summed E-state index contributed by atoms with van der Waals surface area (Å²) in [6.45, 7) is 3.00. The van der Waals surface area contributed by atoms with Crippen molar-refractivity contribution in [3.8, 4) is 0 Å². The Balaban J connectivity index is 1.63. The van der Waals surface area contributed by atoms with Crippen molar-refractivity contribution >= 4 is 28.6 Å². The molecule has 0 aromatic carbocycles. The molecule has 2 fully saturated rings. The topological polar surface area (TPSA) is 126 Å². The number of nitrogens with one attached hydrogen (secondary N) is 1. The molecule has 28 heavy (non-hydrogen) atoms. The summed E-state index contributed by atoms with van der Waals surface area (Å²) in [6, 6.07) is 1.48. The first kappa shape index (κ1) is 18.7. The van der Waals surface area contributed by atoms with Crippen LogP contribution in [0.15, 0.2) is 17.1 Å². The molecule has 3 heterocycles. The number of aliphatic hydroxyl groups excluding tert-OH is 1. The van der Waals surface area contributed by atoms with Gasteiger partial charge in [-0.3, -0.25) is 14.2 Å². The maximum atomic E-state index is 12.6. The van der Waals surface area contributed by atoms with E-state index in [1.54, 1.807) is 17.7 Å². The molecular formula is C19H26N6O3. The van der Waals surface area contributed by atoms with Crippen LogP contribution in [0, 0.1) is 0 Å². The average Bonchev–Trinajstić information content (AvgIpc) is 3.08. The standard InChI is InChI=1S/C19H26N6O3/c1-11(26)24-6-4-12(5-7-24)22-19-21-10-15-16(20)9-17(28)25(18(15)23-19)13-2-3-14(27)8-13/h9-10,12-14,27H,2-8,20H2,1H3,(H,21,22,23)/t13?,14-/m1/s1. The van der Waals surface area contributed by atoms with E-state index in [1.807, 2.05) is 4.90 Å². The van der Waals surface area contributed by atoms with Gasteiger partial charge in [0.15, 0.2) is 5.65 Å². The Kier molecular flexibility index (Phi) is 4.92. The van der Waals surface area contributed by atoms with Crippen LogP contribution in [0.2, 0.25) is 0 Å². The third kappa shape index (κ3) is 3.54. The number of carbonyl (C=O) groups is 1. The molecule has 4 rings (SSSR count). The van der Waals surface area contributed by atoms with Gasteiger partial charge in [0.25, 0.3) is 5.56 Å². The van der Waals surface area contributed by atoms with E-state index in [9.17, 15) is 14.7 Å². The predicted molar refractivity (Wildman–Crippen MR) is 106 cm³/mol. The number of hydrogen-bond donors (Lipinski definition) is 3. The molecule has 2 aromatic rings. The summed E-state index contributed by atoms with van der Waals surface area (Å²) in [5.41, 5.74) is 6.68. The molecule has 1 unspecified atom stereocenters. The fourth-order valence-corrected chi connectivity index (χ4v) is 4.26. The van der Waals surface area contributed by atoms with Crippen molar-refractivity contribution in [1.82, 2.24) is 19.4 Å². The van der Waals surface area contributed by atoms with Gasteiger partial charge in [-0.05, 0) is 32.1 Å². The Morgan fingerprint density at radius 2 is 2.04 bits per heavy atom. The number of aliphatic hydroxyl groups is 1. The second kappa shape index (κ2) is 7.38. The van der Waals surface area contributed by atoms with Crippen LogP contribution in [0.5, 0.6) is 0 Å². The van der Waals surface area contributed by atoms with Gasteiger partial charge in [0, 0.05) is 50.0 Å². The highest BCUT2D eigenvalue weighted by atomic mass is 16.3. The molecule has 2 atom stereocenters. The first-order valence-corrected chi connectivity index (χ1v) is 9.80. The summed E-state index contributed by atoms with van der Waals surface area (Å²) < 4.78 is 1.65. The van der Waals surface area contributed by atoms with E-state index in [-0.39, 0.29) is 23.6 Å². The Labute approximate surface area is 162 Å². The highest BCUT2D eigenvalue weighted by Gasteiger charge is 2.27. The minimum Gasteiger partial charge on any atom is -0.398 e. The number of nitrogens with zero attached hydrogens (tertiary/aromatic N) is 4. The van der Waals surface area contributed by atoms with Gasteiger partial charge in [-0.1, -0.05) is 0 Å². The molecule has 150 valence electrons. The second-order valence-electron chi connectivity index (χ2n) is 7.78. The fraction of sp³-hybridized carbons (Fsp3) is 0.579. The van der Waals surface area contributed by atoms with E-state index < -0.39 is 6.10 Å². The van der Waals surface area contributed by atoms with Crippen molar-refractivity contribution in [3.63, 3.8) is 0 Å².